The summed E-state index contributed by atoms with van der Waals surface area (Å²) in [7, 11) is 0. The highest BCUT2D eigenvalue weighted by Crippen LogP contribution is 2.83. The van der Waals surface area contributed by atoms with Gasteiger partial charge in [0.2, 0.25) is 0 Å². The molecule has 0 radical (unpaired) electrons. The van der Waals surface area contributed by atoms with Gasteiger partial charge >= 0.3 is 0 Å². The van der Waals surface area contributed by atoms with Crippen LogP contribution in [0, 0.1) is 44.3 Å². The maximum atomic E-state index is 15.2. The summed E-state index contributed by atoms with van der Waals surface area (Å²) in [5, 5.41) is 0. The number of hydrogen-bond donors (Lipinski definition) is 0. The molecule has 2 nitrogen and oxygen atoms in total. The number of carbonyl (C=O) groups is 2. The van der Waals surface area contributed by atoms with Crippen LogP contribution in [0.3, 0.4) is 0 Å². The molecule has 0 N–H and O–H groups in total. The first kappa shape index (κ1) is 27.4. The van der Waals surface area contributed by atoms with E-state index < -0.39 is 21.7 Å². The second-order valence-electron chi connectivity index (χ2n) is 14.9. The van der Waals surface area contributed by atoms with E-state index in [-0.39, 0.29) is 22.7 Å². The van der Waals surface area contributed by atoms with Crippen LogP contribution in [0.25, 0.3) is 12.2 Å². The quantitative estimate of drug-likeness (QED) is 0.355. The molecule has 2 aromatic rings. The van der Waals surface area contributed by atoms with Crippen molar-refractivity contribution >= 4 is 23.7 Å². The highest BCUT2D eigenvalue weighted by Gasteiger charge is 2.85. The van der Waals surface area contributed by atoms with Crippen LogP contribution in [-0.2, 0) is 9.59 Å². The van der Waals surface area contributed by atoms with E-state index in [4.69, 9.17) is 0 Å². The second kappa shape index (κ2) is 8.88. The van der Waals surface area contributed by atoms with Crippen molar-refractivity contribution in [1.82, 2.24) is 0 Å². The molecule has 6 rings (SSSR count). The van der Waals surface area contributed by atoms with Gasteiger partial charge in [0.1, 0.15) is 11.6 Å². The van der Waals surface area contributed by atoms with Crippen LogP contribution < -0.4 is 0 Å². The Morgan fingerprint density at radius 3 is 1.25 bits per heavy atom. The smallest absolute Gasteiger partial charge is 0.147 e. The molecule has 6 unspecified atom stereocenters. The molecule has 4 bridgehead atoms. The Morgan fingerprint density at radius 2 is 0.950 bits per heavy atom. The summed E-state index contributed by atoms with van der Waals surface area (Å²) < 4.78 is 0. The highest BCUT2D eigenvalue weighted by molar-refractivity contribution is 6.05. The third-order valence-corrected chi connectivity index (χ3v) is 13.4. The summed E-state index contributed by atoms with van der Waals surface area (Å²) in [6, 6.07) is 20.7. The Hall–Kier alpha value is -2.74. The molecule has 0 spiro atoms. The van der Waals surface area contributed by atoms with Crippen molar-refractivity contribution in [2.24, 2.45) is 44.3 Å². The molecule has 0 saturated heterocycles. The zero-order valence-corrected chi connectivity index (χ0v) is 25.3. The zero-order valence-electron chi connectivity index (χ0n) is 25.3. The lowest BCUT2D eigenvalue weighted by Gasteiger charge is -2.55. The molecule has 6 atom stereocenters. The zero-order chi connectivity index (χ0) is 28.6. The van der Waals surface area contributed by atoms with E-state index in [2.05, 4.69) is 114 Å². The minimum atomic E-state index is -0.701. The normalized spacial score (nSPS) is 39.2. The van der Waals surface area contributed by atoms with Crippen molar-refractivity contribution in [2.75, 3.05) is 0 Å². The van der Waals surface area contributed by atoms with Crippen LogP contribution in [0.1, 0.15) is 91.2 Å². The van der Waals surface area contributed by atoms with Gasteiger partial charge in [0.25, 0.3) is 0 Å². The number of hydrogen-bond acceptors (Lipinski definition) is 2. The van der Waals surface area contributed by atoms with Crippen molar-refractivity contribution in [3.63, 3.8) is 0 Å². The first-order valence-electron chi connectivity index (χ1n) is 15.4. The minimum absolute atomic E-state index is 0.145. The third kappa shape index (κ3) is 3.17. The van der Waals surface area contributed by atoms with Gasteiger partial charge < -0.3 is 0 Å². The van der Waals surface area contributed by atoms with Crippen LogP contribution in [-0.4, -0.2) is 11.6 Å². The van der Waals surface area contributed by atoms with E-state index in [1.165, 1.54) is 0 Å². The predicted molar refractivity (Wildman–Crippen MR) is 164 cm³/mol. The molecule has 210 valence electrons. The fraction of sp³-hybridized carbons (Fsp3) is 0.526. The largest absolute Gasteiger partial charge is 0.298 e. The van der Waals surface area contributed by atoms with E-state index >= 15 is 9.59 Å². The van der Waals surface area contributed by atoms with Gasteiger partial charge in [0, 0.05) is 21.7 Å². The van der Waals surface area contributed by atoms with Crippen molar-refractivity contribution in [1.29, 1.82) is 0 Å². The molecule has 0 amide bonds. The molecule has 4 aliphatic carbocycles. The standard InChI is InChI=1S/C38H46O2/c1-33(2)29-21-25-35(33,5)31(39)37(29,23-13-19-27-15-9-7-10-16-27)38(24-14-20-28-17-11-8-12-18-28)30-22-26-36(6,32(38)40)34(30,3)4/h7-20,29-30H,21-26H2,1-6H3. The minimum Gasteiger partial charge on any atom is -0.298 e. The van der Waals surface area contributed by atoms with Crippen molar-refractivity contribution in [2.45, 2.75) is 80.1 Å². The first-order chi connectivity index (χ1) is 18.9. The maximum Gasteiger partial charge on any atom is 0.147 e. The molecule has 2 heteroatoms. The van der Waals surface area contributed by atoms with Gasteiger partial charge in [-0.2, -0.15) is 0 Å². The van der Waals surface area contributed by atoms with Crippen LogP contribution in [0.2, 0.25) is 0 Å². The summed E-state index contributed by atoms with van der Waals surface area (Å²) in [5.74, 6) is 1.11. The first-order valence-corrected chi connectivity index (χ1v) is 15.4. The summed E-state index contributed by atoms with van der Waals surface area (Å²) in [6.45, 7) is 13.7. The number of allylic oxidation sites excluding steroid dienone is 2. The van der Waals surface area contributed by atoms with Gasteiger partial charge in [-0.1, -0.05) is 127 Å². The maximum absolute atomic E-state index is 15.2. The van der Waals surface area contributed by atoms with Crippen LogP contribution in [0.5, 0.6) is 0 Å². The van der Waals surface area contributed by atoms with Crippen molar-refractivity contribution in [3.8, 4) is 0 Å². The number of Topliss-reactive ketones (excluding diaryl/α,β-unsaturated/α-hetero) is 2. The van der Waals surface area contributed by atoms with Crippen molar-refractivity contribution in [3.05, 3.63) is 83.9 Å². The molecule has 0 aliphatic heterocycles. The Balaban J connectivity index is 1.56. The molecular weight excluding hydrogens is 488 g/mol. The Bertz CT molecular complexity index is 1270. The van der Waals surface area contributed by atoms with Gasteiger partial charge in [0.15, 0.2) is 0 Å². The molecule has 40 heavy (non-hydrogen) atoms. The Kier molecular flexibility index (Phi) is 6.09. The summed E-state index contributed by atoms with van der Waals surface area (Å²) in [4.78, 5) is 30.4. The molecule has 4 saturated carbocycles. The monoisotopic (exact) mass is 534 g/mol. The fourth-order valence-corrected chi connectivity index (χ4v) is 10.6. The molecule has 4 fully saturated rings. The van der Waals surface area contributed by atoms with E-state index in [0.717, 1.165) is 36.8 Å². The molecule has 2 aromatic carbocycles. The average Bonchev–Trinajstić information content (AvgIpc) is 3.42. The van der Waals surface area contributed by atoms with Gasteiger partial charge in [-0.15, -0.1) is 0 Å². The third-order valence-electron chi connectivity index (χ3n) is 13.4. The fourth-order valence-electron chi connectivity index (χ4n) is 10.6. The highest BCUT2D eigenvalue weighted by atomic mass is 16.1. The SMILES string of the molecule is CC12CCC(C1(C)C)C(CC=Cc1ccccc1)(C1(CC=Cc3ccccc3)C(=O)C3(C)CCC1C3(C)C)C2=O. The van der Waals surface area contributed by atoms with Gasteiger partial charge in [-0.05, 0) is 72.3 Å². The van der Waals surface area contributed by atoms with Gasteiger partial charge in [0.05, 0.1) is 0 Å². The Labute approximate surface area is 241 Å². The summed E-state index contributed by atoms with van der Waals surface area (Å²) in [5.41, 5.74) is -0.211. The lowest BCUT2D eigenvalue weighted by Crippen LogP contribution is -2.59. The lowest BCUT2D eigenvalue weighted by atomic mass is 9.45. The van der Waals surface area contributed by atoms with Crippen LogP contribution in [0.15, 0.2) is 72.8 Å². The molecular formula is C38H46O2. The van der Waals surface area contributed by atoms with Gasteiger partial charge in [-0.25, -0.2) is 0 Å². The number of rotatable bonds is 7. The van der Waals surface area contributed by atoms with E-state index in [1.54, 1.807) is 0 Å². The van der Waals surface area contributed by atoms with Crippen LogP contribution in [0.4, 0.5) is 0 Å². The van der Waals surface area contributed by atoms with Crippen LogP contribution >= 0.6 is 0 Å². The molecule has 0 aromatic heterocycles. The molecule has 4 aliphatic rings. The molecule has 0 heterocycles. The van der Waals surface area contributed by atoms with E-state index in [1.807, 2.05) is 12.1 Å². The Morgan fingerprint density at radius 1 is 0.600 bits per heavy atom. The predicted octanol–water partition coefficient (Wildman–Crippen LogP) is 9.22. The van der Waals surface area contributed by atoms with Crippen molar-refractivity contribution < 1.29 is 9.59 Å². The number of carbonyl (C=O) groups excluding carboxylic acids is 2. The topological polar surface area (TPSA) is 34.1 Å². The number of ketones is 2. The second-order valence-corrected chi connectivity index (χ2v) is 14.9. The average molecular weight is 535 g/mol. The van der Waals surface area contributed by atoms with E-state index in [0.29, 0.717) is 24.4 Å². The number of benzene rings is 2. The lowest BCUT2D eigenvalue weighted by molar-refractivity contribution is -0.163. The summed E-state index contributed by atoms with van der Waals surface area (Å²) in [6.07, 6.45) is 14.0. The van der Waals surface area contributed by atoms with E-state index in [9.17, 15) is 0 Å². The number of fused-ring (bicyclic) bond motifs is 4. The van der Waals surface area contributed by atoms with Gasteiger partial charge in [-0.3, -0.25) is 9.59 Å². The summed E-state index contributed by atoms with van der Waals surface area (Å²) >= 11 is 0.